The van der Waals surface area contributed by atoms with E-state index in [9.17, 15) is 0 Å². The second-order valence-corrected chi connectivity index (χ2v) is 3.91. The minimum atomic E-state index is 0.583. The molecule has 0 fully saturated rings. The third-order valence-electron chi connectivity index (χ3n) is 2.32. The van der Waals surface area contributed by atoms with Gasteiger partial charge in [-0.05, 0) is 19.3 Å². The highest BCUT2D eigenvalue weighted by molar-refractivity contribution is 5.16. The van der Waals surface area contributed by atoms with E-state index in [4.69, 9.17) is 5.73 Å². The summed E-state index contributed by atoms with van der Waals surface area (Å²) in [6, 6.07) is 0. The second kappa shape index (κ2) is 3.92. The summed E-state index contributed by atoms with van der Waals surface area (Å²) >= 11 is 0. The number of aromatic nitrogens is 2. The molecule has 1 aromatic heterocycles. The van der Waals surface area contributed by atoms with Crippen molar-refractivity contribution >= 4 is 0 Å². The van der Waals surface area contributed by atoms with Crippen LogP contribution in [0.3, 0.4) is 0 Å². The molecule has 0 atom stereocenters. The first-order valence-electron chi connectivity index (χ1n) is 4.77. The van der Waals surface area contributed by atoms with E-state index in [0.29, 0.717) is 12.5 Å². The topological polar surface area (TPSA) is 43.8 Å². The fraction of sp³-hybridized carbons (Fsp3) is 0.700. The second-order valence-electron chi connectivity index (χ2n) is 3.91. The molecule has 0 bridgehead atoms. The molecule has 0 aromatic carbocycles. The molecule has 0 unspecified atom stereocenters. The van der Waals surface area contributed by atoms with Gasteiger partial charge in [0.15, 0.2) is 0 Å². The van der Waals surface area contributed by atoms with Crippen LogP contribution in [-0.4, -0.2) is 9.55 Å². The molecule has 0 aliphatic rings. The molecule has 1 rings (SSSR count). The van der Waals surface area contributed by atoms with Crippen molar-refractivity contribution in [2.75, 3.05) is 0 Å². The van der Waals surface area contributed by atoms with Crippen LogP contribution in [-0.2, 0) is 20.0 Å². The SMILES string of the molecule is Cc1nc(CC(C)C)c(CN)n1C. The van der Waals surface area contributed by atoms with E-state index in [-0.39, 0.29) is 0 Å². The normalized spacial score (nSPS) is 11.2. The minimum Gasteiger partial charge on any atom is -0.334 e. The van der Waals surface area contributed by atoms with E-state index in [1.807, 2.05) is 14.0 Å². The number of nitrogens with two attached hydrogens (primary N) is 1. The Hall–Kier alpha value is -0.830. The van der Waals surface area contributed by atoms with Gasteiger partial charge in [0.1, 0.15) is 5.82 Å². The Kier molecular flexibility index (Phi) is 3.09. The zero-order valence-electron chi connectivity index (χ0n) is 8.96. The van der Waals surface area contributed by atoms with Gasteiger partial charge in [0.25, 0.3) is 0 Å². The molecule has 74 valence electrons. The van der Waals surface area contributed by atoms with E-state index in [1.54, 1.807) is 0 Å². The highest BCUT2D eigenvalue weighted by Crippen LogP contribution is 2.13. The first kappa shape index (κ1) is 10.3. The van der Waals surface area contributed by atoms with Gasteiger partial charge in [-0.1, -0.05) is 13.8 Å². The lowest BCUT2D eigenvalue weighted by Crippen LogP contribution is -2.08. The van der Waals surface area contributed by atoms with Crippen LogP contribution in [0.2, 0.25) is 0 Å². The van der Waals surface area contributed by atoms with Gasteiger partial charge in [-0.25, -0.2) is 4.98 Å². The lowest BCUT2D eigenvalue weighted by molar-refractivity contribution is 0.630. The monoisotopic (exact) mass is 181 g/mol. The summed E-state index contributed by atoms with van der Waals surface area (Å²) in [6.07, 6.45) is 1.02. The van der Waals surface area contributed by atoms with Crippen molar-refractivity contribution in [1.82, 2.24) is 9.55 Å². The molecule has 3 nitrogen and oxygen atoms in total. The van der Waals surface area contributed by atoms with Gasteiger partial charge >= 0.3 is 0 Å². The molecule has 0 radical (unpaired) electrons. The van der Waals surface area contributed by atoms with Crippen molar-refractivity contribution in [2.24, 2.45) is 18.7 Å². The predicted molar refractivity (Wildman–Crippen MR) is 54.4 cm³/mol. The van der Waals surface area contributed by atoms with Crippen molar-refractivity contribution in [3.63, 3.8) is 0 Å². The smallest absolute Gasteiger partial charge is 0.105 e. The first-order chi connectivity index (χ1) is 6.06. The molecule has 0 spiro atoms. The molecule has 13 heavy (non-hydrogen) atoms. The zero-order chi connectivity index (χ0) is 10.0. The highest BCUT2D eigenvalue weighted by Gasteiger charge is 2.11. The van der Waals surface area contributed by atoms with Crippen LogP contribution in [0.5, 0.6) is 0 Å². The minimum absolute atomic E-state index is 0.583. The maximum absolute atomic E-state index is 5.68. The van der Waals surface area contributed by atoms with Gasteiger partial charge in [0.05, 0.1) is 11.4 Å². The zero-order valence-corrected chi connectivity index (χ0v) is 8.96. The summed E-state index contributed by atoms with van der Waals surface area (Å²) in [7, 11) is 2.02. The van der Waals surface area contributed by atoms with Gasteiger partial charge < -0.3 is 10.3 Å². The average Bonchev–Trinajstić information content (AvgIpc) is 2.27. The van der Waals surface area contributed by atoms with E-state index in [2.05, 4.69) is 23.4 Å². The Bertz CT molecular complexity index is 287. The molecule has 0 aliphatic carbocycles. The Balaban J connectivity index is 2.99. The van der Waals surface area contributed by atoms with Crippen LogP contribution < -0.4 is 5.73 Å². The van der Waals surface area contributed by atoms with Gasteiger partial charge in [-0.3, -0.25) is 0 Å². The fourth-order valence-corrected chi connectivity index (χ4v) is 1.53. The third kappa shape index (κ3) is 2.10. The molecule has 0 saturated carbocycles. The van der Waals surface area contributed by atoms with Crippen LogP contribution in [0.25, 0.3) is 0 Å². The third-order valence-corrected chi connectivity index (χ3v) is 2.32. The van der Waals surface area contributed by atoms with Crippen molar-refractivity contribution < 1.29 is 0 Å². The van der Waals surface area contributed by atoms with E-state index >= 15 is 0 Å². The van der Waals surface area contributed by atoms with Gasteiger partial charge in [-0.15, -0.1) is 0 Å². The molecule has 3 heteroatoms. The maximum Gasteiger partial charge on any atom is 0.105 e. The summed E-state index contributed by atoms with van der Waals surface area (Å²) in [4.78, 5) is 4.50. The molecular formula is C10H19N3. The van der Waals surface area contributed by atoms with Crippen LogP contribution >= 0.6 is 0 Å². The molecule has 2 N–H and O–H groups in total. The standard InChI is InChI=1S/C10H19N3/c1-7(2)5-9-10(6-11)13(4)8(3)12-9/h7H,5-6,11H2,1-4H3. The summed E-state index contributed by atoms with van der Waals surface area (Å²) in [5.41, 5.74) is 8.02. The molecule has 0 aliphatic heterocycles. The Labute approximate surface area is 80.0 Å². The lowest BCUT2D eigenvalue weighted by atomic mass is 10.1. The molecule has 1 heterocycles. The summed E-state index contributed by atoms with van der Waals surface area (Å²) in [6.45, 7) is 7.00. The first-order valence-corrected chi connectivity index (χ1v) is 4.77. The van der Waals surface area contributed by atoms with Crippen LogP contribution in [0.1, 0.15) is 31.1 Å². The number of aryl methyl sites for hydroxylation is 1. The molecular weight excluding hydrogens is 162 g/mol. The van der Waals surface area contributed by atoms with Gasteiger partial charge in [-0.2, -0.15) is 0 Å². The molecule has 0 amide bonds. The van der Waals surface area contributed by atoms with Crippen molar-refractivity contribution in [1.29, 1.82) is 0 Å². The summed E-state index contributed by atoms with van der Waals surface area (Å²) in [5, 5.41) is 0. The van der Waals surface area contributed by atoms with Gasteiger partial charge in [0.2, 0.25) is 0 Å². The summed E-state index contributed by atoms with van der Waals surface area (Å²) < 4.78 is 2.08. The highest BCUT2D eigenvalue weighted by atomic mass is 15.1. The van der Waals surface area contributed by atoms with E-state index in [1.165, 1.54) is 5.69 Å². The van der Waals surface area contributed by atoms with Crippen LogP contribution in [0.4, 0.5) is 0 Å². The quantitative estimate of drug-likeness (QED) is 0.765. The van der Waals surface area contributed by atoms with Crippen LogP contribution in [0, 0.1) is 12.8 Å². The van der Waals surface area contributed by atoms with Crippen LogP contribution in [0.15, 0.2) is 0 Å². The number of nitrogens with zero attached hydrogens (tertiary/aromatic N) is 2. The Morgan fingerprint density at radius 1 is 1.46 bits per heavy atom. The lowest BCUT2D eigenvalue weighted by Gasteiger charge is -2.05. The molecule has 0 saturated heterocycles. The van der Waals surface area contributed by atoms with E-state index < -0.39 is 0 Å². The van der Waals surface area contributed by atoms with Crippen molar-refractivity contribution in [3.8, 4) is 0 Å². The number of rotatable bonds is 3. The fourth-order valence-electron chi connectivity index (χ4n) is 1.53. The maximum atomic E-state index is 5.68. The molecule has 1 aromatic rings. The predicted octanol–water partition coefficient (Wildman–Crippen LogP) is 1.39. The van der Waals surface area contributed by atoms with Crippen molar-refractivity contribution in [3.05, 3.63) is 17.2 Å². The largest absolute Gasteiger partial charge is 0.334 e. The van der Waals surface area contributed by atoms with E-state index in [0.717, 1.165) is 17.9 Å². The van der Waals surface area contributed by atoms with Gasteiger partial charge in [0, 0.05) is 13.6 Å². The summed E-state index contributed by atoms with van der Waals surface area (Å²) in [5.74, 6) is 1.69. The Morgan fingerprint density at radius 2 is 2.08 bits per heavy atom. The van der Waals surface area contributed by atoms with Crippen molar-refractivity contribution in [2.45, 2.75) is 33.7 Å². The number of hydrogen-bond acceptors (Lipinski definition) is 2. The number of imidazole rings is 1. The average molecular weight is 181 g/mol. The Morgan fingerprint density at radius 3 is 2.54 bits per heavy atom. The number of hydrogen-bond donors (Lipinski definition) is 1.